The first-order valence-electron chi connectivity index (χ1n) is 6.47. The second-order valence-corrected chi connectivity index (χ2v) is 4.66. The van der Waals surface area contributed by atoms with Gasteiger partial charge in [0.25, 0.3) is 0 Å². The molecule has 0 unspecified atom stereocenters. The number of carbonyl (C=O) groups excluding carboxylic acids is 3. The molecule has 0 spiro atoms. The topological polar surface area (TPSA) is 95.7 Å². The fourth-order valence-corrected chi connectivity index (χ4v) is 1.68. The molecule has 0 fully saturated rings. The molecular weight excluding hydrogens is 272 g/mol. The lowest BCUT2D eigenvalue weighted by Gasteiger charge is -2.17. The minimum Gasteiger partial charge on any atom is -0.378 e. The molecule has 0 aliphatic rings. The minimum absolute atomic E-state index is 0.0150. The summed E-state index contributed by atoms with van der Waals surface area (Å²) in [5, 5.41) is 2.46. The zero-order chi connectivity index (χ0) is 16.0. The van der Waals surface area contributed by atoms with Gasteiger partial charge in [-0.05, 0) is 24.3 Å². The maximum Gasteiger partial charge on any atom is 0.318 e. The first-order chi connectivity index (χ1) is 9.86. The van der Waals surface area contributed by atoms with E-state index < -0.39 is 17.7 Å². The van der Waals surface area contributed by atoms with Crippen molar-refractivity contribution >= 4 is 29.1 Å². The zero-order valence-electron chi connectivity index (χ0n) is 12.4. The molecule has 3 N–H and O–H groups in total. The summed E-state index contributed by atoms with van der Waals surface area (Å²) in [6.07, 6.45) is 0. The summed E-state index contributed by atoms with van der Waals surface area (Å²) in [6.45, 7) is 1.34. The van der Waals surface area contributed by atoms with E-state index in [1.54, 1.807) is 12.1 Å². The van der Waals surface area contributed by atoms with Crippen molar-refractivity contribution in [2.75, 3.05) is 37.4 Å². The Bertz CT molecular complexity index is 526. The van der Waals surface area contributed by atoms with E-state index in [2.05, 4.69) is 5.32 Å². The van der Waals surface area contributed by atoms with Crippen LogP contribution >= 0.6 is 0 Å². The molecular formula is C14H20N4O3. The van der Waals surface area contributed by atoms with Crippen molar-refractivity contribution in [3.63, 3.8) is 0 Å². The lowest BCUT2D eigenvalue weighted by atomic mass is 10.2. The second kappa shape index (κ2) is 7.39. The molecule has 1 aromatic rings. The molecule has 0 aliphatic carbocycles. The fraction of sp³-hybridized carbons (Fsp3) is 0.357. The molecule has 0 saturated carbocycles. The van der Waals surface area contributed by atoms with Crippen molar-refractivity contribution in [1.82, 2.24) is 4.90 Å². The predicted octanol–water partition coefficient (Wildman–Crippen LogP) is 0.0249. The van der Waals surface area contributed by atoms with Gasteiger partial charge >= 0.3 is 11.8 Å². The highest BCUT2D eigenvalue weighted by molar-refractivity contribution is 6.41. The van der Waals surface area contributed by atoms with E-state index in [4.69, 9.17) is 5.73 Å². The molecule has 0 bridgehead atoms. The zero-order valence-corrected chi connectivity index (χ0v) is 12.4. The summed E-state index contributed by atoms with van der Waals surface area (Å²) in [5.41, 5.74) is 6.77. The smallest absolute Gasteiger partial charge is 0.318 e. The highest BCUT2D eigenvalue weighted by Gasteiger charge is 2.24. The van der Waals surface area contributed by atoms with Gasteiger partial charge in [0.05, 0.1) is 0 Å². The number of imide groups is 1. The SMILES string of the molecule is CC(=O)N(CCN)C(=O)C(=O)Nc1ccc(N(C)C)cc1. The van der Waals surface area contributed by atoms with Crippen molar-refractivity contribution < 1.29 is 14.4 Å². The van der Waals surface area contributed by atoms with Crippen LogP contribution in [0.2, 0.25) is 0 Å². The molecule has 1 rings (SSSR count). The Morgan fingerprint density at radius 1 is 1.14 bits per heavy atom. The number of rotatable bonds is 4. The lowest BCUT2D eigenvalue weighted by Crippen LogP contribution is -2.44. The number of amides is 3. The van der Waals surface area contributed by atoms with Crippen LogP contribution in [0.15, 0.2) is 24.3 Å². The Kier molecular flexibility index (Phi) is 5.86. The predicted molar refractivity (Wildman–Crippen MR) is 80.8 cm³/mol. The van der Waals surface area contributed by atoms with Gasteiger partial charge < -0.3 is 16.0 Å². The van der Waals surface area contributed by atoms with Gasteiger partial charge in [0.15, 0.2) is 0 Å². The maximum atomic E-state index is 11.9. The second-order valence-electron chi connectivity index (χ2n) is 4.66. The number of anilines is 2. The molecule has 1 aromatic carbocycles. The van der Waals surface area contributed by atoms with Crippen LogP contribution in [0.3, 0.4) is 0 Å². The normalized spacial score (nSPS) is 9.90. The van der Waals surface area contributed by atoms with Crippen molar-refractivity contribution in [3.8, 4) is 0 Å². The van der Waals surface area contributed by atoms with Crippen LogP contribution < -0.4 is 16.0 Å². The molecule has 0 atom stereocenters. The molecule has 7 nitrogen and oxygen atoms in total. The first-order valence-corrected chi connectivity index (χ1v) is 6.47. The summed E-state index contributed by atoms with van der Waals surface area (Å²) in [6, 6.07) is 6.98. The number of nitrogens with one attached hydrogen (secondary N) is 1. The molecule has 3 amide bonds. The summed E-state index contributed by atoms with van der Waals surface area (Å²) < 4.78 is 0. The van der Waals surface area contributed by atoms with E-state index in [0.717, 1.165) is 10.6 Å². The number of carbonyl (C=O) groups is 3. The highest BCUT2D eigenvalue weighted by Crippen LogP contribution is 2.15. The molecule has 21 heavy (non-hydrogen) atoms. The van der Waals surface area contributed by atoms with Gasteiger partial charge in [-0.25, -0.2) is 0 Å². The summed E-state index contributed by atoms with van der Waals surface area (Å²) in [4.78, 5) is 37.8. The van der Waals surface area contributed by atoms with Gasteiger partial charge in [0, 0.05) is 45.5 Å². The Hall–Kier alpha value is -2.41. The van der Waals surface area contributed by atoms with E-state index in [-0.39, 0.29) is 13.1 Å². The summed E-state index contributed by atoms with van der Waals surface area (Å²) in [7, 11) is 3.79. The standard InChI is InChI=1S/C14H20N4O3/c1-10(19)18(9-8-15)14(21)13(20)16-11-4-6-12(7-5-11)17(2)3/h4-7H,8-9,15H2,1-3H3,(H,16,20). The minimum atomic E-state index is -0.912. The average molecular weight is 292 g/mol. The quantitative estimate of drug-likeness (QED) is 0.763. The third kappa shape index (κ3) is 4.57. The molecule has 0 aromatic heterocycles. The van der Waals surface area contributed by atoms with E-state index in [1.807, 2.05) is 31.1 Å². The Balaban J connectivity index is 2.75. The molecule has 114 valence electrons. The van der Waals surface area contributed by atoms with Gasteiger partial charge in [-0.3, -0.25) is 19.3 Å². The van der Waals surface area contributed by atoms with Gasteiger partial charge in [-0.1, -0.05) is 0 Å². The Labute approximate surface area is 123 Å². The van der Waals surface area contributed by atoms with Crippen LogP contribution in [0.4, 0.5) is 11.4 Å². The molecule has 0 radical (unpaired) electrons. The number of benzene rings is 1. The molecule has 7 heteroatoms. The third-order valence-corrected chi connectivity index (χ3v) is 2.81. The van der Waals surface area contributed by atoms with Gasteiger partial charge in [0.2, 0.25) is 5.91 Å². The molecule has 0 heterocycles. The average Bonchev–Trinajstić information content (AvgIpc) is 2.44. The largest absolute Gasteiger partial charge is 0.378 e. The van der Waals surface area contributed by atoms with Gasteiger partial charge in [-0.15, -0.1) is 0 Å². The van der Waals surface area contributed by atoms with Gasteiger partial charge in [-0.2, -0.15) is 0 Å². The molecule has 0 saturated heterocycles. The van der Waals surface area contributed by atoms with Crippen LogP contribution in [0.5, 0.6) is 0 Å². The van der Waals surface area contributed by atoms with Crippen LogP contribution in [-0.4, -0.2) is 49.8 Å². The van der Waals surface area contributed by atoms with Crippen molar-refractivity contribution in [3.05, 3.63) is 24.3 Å². The summed E-state index contributed by atoms with van der Waals surface area (Å²) >= 11 is 0. The number of nitrogens with two attached hydrogens (primary N) is 1. The van der Waals surface area contributed by atoms with Crippen molar-refractivity contribution in [2.24, 2.45) is 5.73 Å². The number of hydrogen-bond acceptors (Lipinski definition) is 5. The monoisotopic (exact) mass is 292 g/mol. The highest BCUT2D eigenvalue weighted by atomic mass is 16.2. The van der Waals surface area contributed by atoms with E-state index >= 15 is 0 Å². The number of hydrogen-bond donors (Lipinski definition) is 2. The third-order valence-electron chi connectivity index (χ3n) is 2.81. The van der Waals surface area contributed by atoms with Crippen LogP contribution in [0.1, 0.15) is 6.92 Å². The van der Waals surface area contributed by atoms with Crippen molar-refractivity contribution in [2.45, 2.75) is 6.92 Å². The molecule has 0 aliphatic heterocycles. The summed E-state index contributed by atoms with van der Waals surface area (Å²) in [5.74, 6) is -2.29. The van der Waals surface area contributed by atoms with Crippen LogP contribution in [0.25, 0.3) is 0 Å². The Morgan fingerprint density at radius 3 is 2.14 bits per heavy atom. The van der Waals surface area contributed by atoms with E-state index in [1.165, 1.54) is 6.92 Å². The number of nitrogens with zero attached hydrogens (tertiary/aromatic N) is 2. The van der Waals surface area contributed by atoms with Crippen LogP contribution in [-0.2, 0) is 14.4 Å². The van der Waals surface area contributed by atoms with Crippen molar-refractivity contribution in [1.29, 1.82) is 0 Å². The maximum absolute atomic E-state index is 11.9. The van der Waals surface area contributed by atoms with Gasteiger partial charge in [0.1, 0.15) is 0 Å². The first kappa shape index (κ1) is 16.6. The van der Waals surface area contributed by atoms with E-state index in [0.29, 0.717) is 5.69 Å². The van der Waals surface area contributed by atoms with E-state index in [9.17, 15) is 14.4 Å². The Morgan fingerprint density at radius 2 is 1.71 bits per heavy atom. The van der Waals surface area contributed by atoms with Crippen LogP contribution in [0, 0.1) is 0 Å². The fourth-order valence-electron chi connectivity index (χ4n) is 1.68. The lowest BCUT2D eigenvalue weighted by molar-refractivity contribution is -0.149.